The summed E-state index contributed by atoms with van der Waals surface area (Å²) in [5.74, 6) is 0. The van der Waals surface area contributed by atoms with E-state index in [4.69, 9.17) is 0 Å². The van der Waals surface area contributed by atoms with Crippen molar-refractivity contribution in [2.24, 2.45) is 0 Å². The van der Waals surface area contributed by atoms with E-state index in [1.54, 1.807) is 4.31 Å². The van der Waals surface area contributed by atoms with Crippen LogP contribution in [0.2, 0.25) is 0 Å². The quantitative estimate of drug-likeness (QED) is 0.788. The molecule has 0 radical (unpaired) electrons. The van der Waals surface area contributed by atoms with Crippen molar-refractivity contribution in [3.05, 3.63) is 29.8 Å². The summed E-state index contributed by atoms with van der Waals surface area (Å²) >= 11 is 0. The molecular weight excluding hydrogens is 222 g/mol. The van der Waals surface area contributed by atoms with E-state index in [-0.39, 0.29) is 11.3 Å². The lowest BCUT2D eigenvalue weighted by atomic mass is 10.1. The van der Waals surface area contributed by atoms with Gasteiger partial charge in [-0.2, -0.15) is 0 Å². The van der Waals surface area contributed by atoms with Crippen molar-refractivity contribution >= 4 is 15.7 Å². The zero-order chi connectivity index (χ0) is 11.3. The van der Waals surface area contributed by atoms with E-state index in [0.717, 1.165) is 30.5 Å². The van der Waals surface area contributed by atoms with Gasteiger partial charge in [0.15, 0.2) is 0 Å². The van der Waals surface area contributed by atoms with Gasteiger partial charge in [-0.05, 0) is 37.8 Å². The van der Waals surface area contributed by atoms with Gasteiger partial charge in [-0.1, -0.05) is 18.2 Å². The van der Waals surface area contributed by atoms with Gasteiger partial charge >= 0.3 is 0 Å². The lowest BCUT2D eigenvalue weighted by molar-refractivity contribution is 0.583. The van der Waals surface area contributed by atoms with Crippen LogP contribution in [0.4, 0.5) is 5.69 Å². The predicted octanol–water partition coefficient (Wildman–Crippen LogP) is 1.93. The van der Waals surface area contributed by atoms with Crippen LogP contribution >= 0.6 is 0 Å². The van der Waals surface area contributed by atoms with Crippen molar-refractivity contribution in [2.75, 3.05) is 4.31 Å². The minimum absolute atomic E-state index is 0.0722. The minimum atomic E-state index is -3.09. The van der Waals surface area contributed by atoms with Crippen molar-refractivity contribution in [1.82, 2.24) is 0 Å². The van der Waals surface area contributed by atoms with Crippen LogP contribution in [-0.2, 0) is 16.4 Å². The first-order chi connectivity index (χ1) is 7.60. The van der Waals surface area contributed by atoms with Crippen molar-refractivity contribution in [1.29, 1.82) is 0 Å². The van der Waals surface area contributed by atoms with Gasteiger partial charge in [0.2, 0.25) is 10.0 Å². The molecular formula is C12H15NO2S. The number of nitrogens with zero attached hydrogens (tertiary/aromatic N) is 1. The van der Waals surface area contributed by atoms with Crippen LogP contribution in [0.5, 0.6) is 0 Å². The van der Waals surface area contributed by atoms with Gasteiger partial charge in [-0.15, -0.1) is 0 Å². The van der Waals surface area contributed by atoms with Gasteiger partial charge in [0, 0.05) is 6.04 Å². The molecule has 0 saturated heterocycles. The molecule has 1 atom stereocenters. The van der Waals surface area contributed by atoms with Gasteiger partial charge in [0.25, 0.3) is 0 Å². The molecule has 86 valence electrons. The number of fused-ring (bicyclic) bond motifs is 1. The Bertz CT molecular complexity index is 520. The molecule has 16 heavy (non-hydrogen) atoms. The van der Waals surface area contributed by atoms with E-state index in [0.29, 0.717) is 0 Å². The topological polar surface area (TPSA) is 37.4 Å². The summed E-state index contributed by atoms with van der Waals surface area (Å²) in [6.07, 6.45) is 2.49. The summed E-state index contributed by atoms with van der Waals surface area (Å²) in [6, 6.07) is 7.89. The van der Waals surface area contributed by atoms with Crippen LogP contribution in [0.15, 0.2) is 24.3 Å². The Kier molecular flexibility index (Phi) is 2.05. The zero-order valence-electron chi connectivity index (χ0n) is 9.26. The summed E-state index contributed by atoms with van der Waals surface area (Å²) in [4.78, 5) is 0. The van der Waals surface area contributed by atoms with Crippen molar-refractivity contribution in [3.63, 3.8) is 0 Å². The summed E-state index contributed by atoms with van der Waals surface area (Å²) in [6.45, 7) is 1.99. The Labute approximate surface area is 96.1 Å². The molecule has 1 aliphatic heterocycles. The second-order valence-corrected chi connectivity index (χ2v) is 6.81. The first-order valence-electron chi connectivity index (χ1n) is 5.72. The Morgan fingerprint density at radius 1 is 1.25 bits per heavy atom. The number of hydrogen-bond acceptors (Lipinski definition) is 2. The smallest absolute Gasteiger partial charge is 0.238 e. The lowest BCUT2D eigenvalue weighted by Crippen LogP contribution is -2.38. The highest BCUT2D eigenvalue weighted by Gasteiger charge is 2.44. The summed E-state index contributed by atoms with van der Waals surface area (Å²) in [5, 5.41) is -0.124. The molecule has 0 amide bonds. The van der Waals surface area contributed by atoms with Crippen molar-refractivity contribution < 1.29 is 8.42 Å². The average Bonchev–Trinajstić information content (AvgIpc) is 3.00. The van der Waals surface area contributed by atoms with E-state index in [9.17, 15) is 8.42 Å². The van der Waals surface area contributed by atoms with Crippen LogP contribution in [0.3, 0.4) is 0 Å². The van der Waals surface area contributed by atoms with Crippen LogP contribution in [0, 0.1) is 0 Å². The monoisotopic (exact) mass is 237 g/mol. The van der Waals surface area contributed by atoms with Crippen LogP contribution in [0.25, 0.3) is 0 Å². The number of sulfonamides is 1. The van der Waals surface area contributed by atoms with E-state index in [2.05, 4.69) is 0 Å². The molecule has 1 unspecified atom stereocenters. The molecule has 3 nitrogen and oxygen atoms in total. The van der Waals surface area contributed by atoms with Crippen LogP contribution in [0.1, 0.15) is 25.3 Å². The number of anilines is 1. The van der Waals surface area contributed by atoms with Crippen molar-refractivity contribution in [2.45, 2.75) is 37.5 Å². The molecule has 0 bridgehead atoms. The standard InChI is InChI=1S/C12H15NO2S/c1-9-8-10-4-2-3-5-12(10)13(9)16(14,15)11-6-7-11/h2-5,9,11H,6-8H2,1H3. The largest absolute Gasteiger partial charge is 0.267 e. The SMILES string of the molecule is CC1Cc2ccccc2N1S(=O)(=O)C1CC1. The first-order valence-corrected chi connectivity index (χ1v) is 7.22. The second-order valence-electron chi connectivity index (χ2n) is 4.72. The van der Waals surface area contributed by atoms with Gasteiger partial charge < -0.3 is 0 Å². The maximum Gasteiger partial charge on any atom is 0.238 e. The normalized spacial score (nSPS) is 24.6. The number of benzene rings is 1. The van der Waals surface area contributed by atoms with Crippen molar-refractivity contribution in [3.8, 4) is 0 Å². The van der Waals surface area contributed by atoms with E-state index >= 15 is 0 Å². The number of hydrogen-bond donors (Lipinski definition) is 0. The first kappa shape index (κ1) is 10.1. The lowest BCUT2D eigenvalue weighted by Gasteiger charge is -2.24. The van der Waals surface area contributed by atoms with Gasteiger partial charge in [0.1, 0.15) is 0 Å². The zero-order valence-corrected chi connectivity index (χ0v) is 10.1. The molecule has 0 aromatic heterocycles. The Morgan fingerprint density at radius 2 is 1.94 bits per heavy atom. The summed E-state index contributed by atoms with van der Waals surface area (Å²) < 4.78 is 26.2. The van der Waals surface area contributed by atoms with E-state index in [1.165, 1.54) is 0 Å². The molecule has 1 aromatic carbocycles. The fourth-order valence-corrected chi connectivity index (χ4v) is 4.53. The molecule has 3 rings (SSSR count). The Balaban J connectivity index is 2.08. The predicted molar refractivity (Wildman–Crippen MR) is 64.0 cm³/mol. The average molecular weight is 237 g/mol. The summed E-state index contributed by atoms with van der Waals surface area (Å²) in [5.41, 5.74) is 2.04. The minimum Gasteiger partial charge on any atom is -0.267 e. The van der Waals surface area contributed by atoms with Crippen LogP contribution in [-0.4, -0.2) is 19.7 Å². The molecule has 1 aliphatic carbocycles. The second kappa shape index (κ2) is 3.23. The molecule has 2 aliphatic rings. The van der Waals surface area contributed by atoms with Gasteiger partial charge in [-0.3, -0.25) is 4.31 Å². The van der Waals surface area contributed by atoms with Gasteiger partial charge in [-0.25, -0.2) is 8.42 Å². The highest BCUT2D eigenvalue weighted by atomic mass is 32.2. The Hall–Kier alpha value is -1.03. The number of rotatable bonds is 2. The number of para-hydroxylation sites is 1. The third-order valence-electron chi connectivity index (χ3n) is 3.36. The molecule has 1 fully saturated rings. The molecule has 0 N–H and O–H groups in total. The fourth-order valence-electron chi connectivity index (χ4n) is 2.45. The van der Waals surface area contributed by atoms with Crippen LogP contribution < -0.4 is 4.31 Å². The fraction of sp³-hybridized carbons (Fsp3) is 0.500. The highest BCUT2D eigenvalue weighted by molar-refractivity contribution is 7.93. The van der Waals surface area contributed by atoms with E-state index < -0.39 is 10.0 Å². The van der Waals surface area contributed by atoms with Gasteiger partial charge in [0.05, 0.1) is 10.9 Å². The molecule has 1 aromatic rings. The maximum absolute atomic E-state index is 12.3. The third-order valence-corrected chi connectivity index (χ3v) is 5.78. The maximum atomic E-state index is 12.3. The molecule has 4 heteroatoms. The molecule has 1 saturated carbocycles. The highest BCUT2D eigenvalue weighted by Crippen LogP contribution is 2.40. The third kappa shape index (κ3) is 1.36. The summed E-state index contributed by atoms with van der Waals surface area (Å²) in [7, 11) is -3.09. The molecule has 0 spiro atoms. The molecule has 1 heterocycles. The van der Waals surface area contributed by atoms with E-state index in [1.807, 2.05) is 31.2 Å². The Morgan fingerprint density at radius 3 is 2.62 bits per heavy atom.